The first-order valence-corrected chi connectivity index (χ1v) is 3.94. The van der Waals surface area contributed by atoms with Gasteiger partial charge in [-0.1, -0.05) is 0 Å². The van der Waals surface area contributed by atoms with Gasteiger partial charge in [-0.25, -0.2) is 0 Å². The van der Waals surface area contributed by atoms with Gasteiger partial charge in [-0.2, -0.15) is 13.2 Å². The zero-order chi connectivity index (χ0) is 9.19. The molecule has 1 saturated heterocycles. The Kier molecular flexibility index (Phi) is 2.95. The van der Waals surface area contributed by atoms with Gasteiger partial charge < -0.3 is 10.4 Å². The molecule has 1 heterocycles. The van der Waals surface area contributed by atoms with E-state index in [1.54, 1.807) is 0 Å². The Morgan fingerprint density at radius 3 is 2.50 bits per heavy atom. The summed E-state index contributed by atoms with van der Waals surface area (Å²) in [6.45, 7) is 0.137. The van der Waals surface area contributed by atoms with E-state index in [1.807, 2.05) is 0 Å². The zero-order valence-electron chi connectivity index (χ0n) is 6.56. The molecule has 12 heavy (non-hydrogen) atoms. The molecule has 0 bridgehead atoms. The summed E-state index contributed by atoms with van der Waals surface area (Å²) in [5.74, 6) is -2.00. The van der Waals surface area contributed by atoms with Gasteiger partial charge >= 0.3 is 6.18 Å². The van der Waals surface area contributed by atoms with Crippen LogP contribution in [0.2, 0.25) is 0 Å². The van der Waals surface area contributed by atoms with E-state index in [0.29, 0.717) is 13.0 Å². The summed E-state index contributed by atoms with van der Waals surface area (Å²) in [7, 11) is 0. The topological polar surface area (TPSA) is 32.3 Å². The molecule has 0 amide bonds. The Hall–Kier alpha value is -0.290. The summed E-state index contributed by atoms with van der Waals surface area (Å²) >= 11 is 0. The lowest BCUT2D eigenvalue weighted by Crippen LogP contribution is -2.45. The van der Waals surface area contributed by atoms with Crippen molar-refractivity contribution >= 4 is 0 Å². The van der Waals surface area contributed by atoms with Crippen molar-refractivity contribution in [3.8, 4) is 0 Å². The highest BCUT2D eigenvalue weighted by atomic mass is 19.4. The molecule has 0 aromatic heterocycles. The molecule has 1 aliphatic heterocycles. The second-order valence-electron chi connectivity index (χ2n) is 3.08. The summed E-state index contributed by atoms with van der Waals surface area (Å²) in [6.07, 6.45) is -3.78. The zero-order valence-corrected chi connectivity index (χ0v) is 6.56. The minimum absolute atomic E-state index is 0.0608. The Balaban J connectivity index is 2.59. The van der Waals surface area contributed by atoms with Crippen LogP contribution < -0.4 is 5.32 Å². The molecule has 5 heteroatoms. The second-order valence-corrected chi connectivity index (χ2v) is 3.08. The number of hydrogen-bond donors (Lipinski definition) is 2. The standard InChI is InChI=1S/C7H12F3NO/c8-7(9,10)6-3-11-2-1-5(6)4-12/h5-6,11-12H,1-4H2/t5-,6+/m0/s1. The van der Waals surface area contributed by atoms with Crippen LogP contribution in [-0.4, -0.2) is 31.0 Å². The van der Waals surface area contributed by atoms with E-state index < -0.39 is 18.0 Å². The number of aliphatic hydroxyl groups is 1. The number of rotatable bonds is 1. The summed E-state index contributed by atoms with van der Waals surface area (Å²) in [5, 5.41) is 11.4. The second kappa shape index (κ2) is 3.62. The van der Waals surface area contributed by atoms with Gasteiger partial charge in [-0.3, -0.25) is 0 Å². The van der Waals surface area contributed by atoms with E-state index >= 15 is 0 Å². The molecule has 0 unspecified atom stereocenters. The van der Waals surface area contributed by atoms with Crippen LogP contribution in [0, 0.1) is 11.8 Å². The first kappa shape index (κ1) is 9.80. The van der Waals surface area contributed by atoms with Gasteiger partial charge in [0.1, 0.15) is 0 Å². The molecule has 72 valence electrons. The fourth-order valence-corrected chi connectivity index (χ4v) is 1.51. The van der Waals surface area contributed by atoms with Gasteiger partial charge in [0.2, 0.25) is 0 Å². The van der Waals surface area contributed by atoms with E-state index in [0.717, 1.165) is 0 Å². The molecule has 1 rings (SSSR count). The maximum Gasteiger partial charge on any atom is 0.393 e. The highest BCUT2D eigenvalue weighted by Gasteiger charge is 2.45. The molecular weight excluding hydrogens is 171 g/mol. The molecule has 0 spiro atoms. The Labute approximate surface area is 68.8 Å². The van der Waals surface area contributed by atoms with Crippen LogP contribution in [0.25, 0.3) is 0 Å². The summed E-state index contributed by atoms with van der Waals surface area (Å²) in [6, 6.07) is 0. The van der Waals surface area contributed by atoms with Crippen molar-refractivity contribution < 1.29 is 18.3 Å². The predicted molar refractivity (Wildman–Crippen MR) is 37.6 cm³/mol. The van der Waals surface area contributed by atoms with E-state index in [2.05, 4.69) is 5.32 Å². The van der Waals surface area contributed by atoms with Crippen LogP contribution in [0.4, 0.5) is 13.2 Å². The minimum Gasteiger partial charge on any atom is -0.396 e. The van der Waals surface area contributed by atoms with Crippen molar-refractivity contribution in [2.75, 3.05) is 19.7 Å². The summed E-state index contributed by atoms with van der Waals surface area (Å²) in [5.41, 5.74) is 0. The lowest BCUT2D eigenvalue weighted by atomic mass is 9.87. The monoisotopic (exact) mass is 183 g/mol. The van der Waals surface area contributed by atoms with E-state index in [9.17, 15) is 13.2 Å². The van der Waals surface area contributed by atoms with Gasteiger partial charge in [-0.05, 0) is 18.9 Å². The average molecular weight is 183 g/mol. The highest BCUT2D eigenvalue weighted by molar-refractivity contribution is 4.82. The van der Waals surface area contributed by atoms with Crippen molar-refractivity contribution in [2.45, 2.75) is 12.6 Å². The molecule has 0 aliphatic carbocycles. The van der Waals surface area contributed by atoms with E-state index in [4.69, 9.17) is 5.11 Å². The van der Waals surface area contributed by atoms with Crippen LogP contribution in [0.15, 0.2) is 0 Å². The molecule has 2 N–H and O–H groups in total. The summed E-state index contributed by atoms with van der Waals surface area (Å²) in [4.78, 5) is 0. The van der Waals surface area contributed by atoms with Crippen LogP contribution in [0.5, 0.6) is 0 Å². The Bertz CT molecular complexity index is 148. The first-order chi connectivity index (χ1) is 5.55. The number of piperidine rings is 1. The Morgan fingerprint density at radius 2 is 2.08 bits per heavy atom. The normalized spacial score (nSPS) is 32.0. The van der Waals surface area contributed by atoms with Gasteiger partial charge in [-0.15, -0.1) is 0 Å². The van der Waals surface area contributed by atoms with Gasteiger partial charge in [0.15, 0.2) is 0 Å². The fourth-order valence-electron chi connectivity index (χ4n) is 1.51. The SMILES string of the molecule is OC[C@@H]1CCNC[C@H]1C(F)(F)F. The summed E-state index contributed by atoms with van der Waals surface area (Å²) < 4.78 is 36.7. The minimum atomic E-state index is -4.18. The molecular formula is C7H12F3NO. The molecule has 1 aliphatic rings. The molecule has 1 fully saturated rings. The lowest BCUT2D eigenvalue weighted by molar-refractivity contribution is -0.195. The molecule has 2 nitrogen and oxygen atoms in total. The number of hydrogen-bond acceptors (Lipinski definition) is 2. The lowest BCUT2D eigenvalue weighted by Gasteiger charge is -2.32. The van der Waals surface area contributed by atoms with Gasteiger partial charge in [0.25, 0.3) is 0 Å². The van der Waals surface area contributed by atoms with E-state index in [-0.39, 0.29) is 13.2 Å². The van der Waals surface area contributed by atoms with Gasteiger partial charge in [0.05, 0.1) is 5.92 Å². The smallest absolute Gasteiger partial charge is 0.393 e. The molecule has 2 atom stereocenters. The maximum atomic E-state index is 12.2. The van der Waals surface area contributed by atoms with Crippen LogP contribution in [0.3, 0.4) is 0 Å². The highest BCUT2D eigenvalue weighted by Crippen LogP contribution is 2.34. The third kappa shape index (κ3) is 2.10. The molecule has 0 saturated carbocycles. The fraction of sp³-hybridized carbons (Fsp3) is 1.00. The average Bonchev–Trinajstić information content (AvgIpc) is 2.03. The molecule has 0 radical (unpaired) electrons. The largest absolute Gasteiger partial charge is 0.396 e. The Morgan fingerprint density at radius 1 is 1.42 bits per heavy atom. The van der Waals surface area contributed by atoms with Crippen molar-refractivity contribution in [1.29, 1.82) is 0 Å². The maximum absolute atomic E-state index is 12.2. The quantitative estimate of drug-likeness (QED) is 0.629. The van der Waals surface area contributed by atoms with Gasteiger partial charge in [0, 0.05) is 13.2 Å². The van der Waals surface area contributed by atoms with Crippen LogP contribution in [0.1, 0.15) is 6.42 Å². The molecule has 0 aromatic carbocycles. The third-order valence-electron chi connectivity index (χ3n) is 2.28. The van der Waals surface area contributed by atoms with Crippen molar-refractivity contribution in [3.05, 3.63) is 0 Å². The van der Waals surface area contributed by atoms with E-state index in [1.165, 1.54) is 0 Å². The number of aliphatic hydroxyl groups excluding tert-OH is 1. The van der Waals surface area contributed by atoms with Crippen molar-refractivity contribution in [2.24, 2.45) is 11.8 Å². The first-order valence-electron chi connectivity index (χ1n) is 3.94. The number of alkyl halides is 3. The predicted octanol–water partition coefficient (Wildman–Crippen LogP) is 0.767. The molecule has 0 aromatic rings. The van der Waals surface area contributed by atoms with Crippen LogP contribution in [-0.2, 0) is 0 Å². The van der Waals surface area contributed by atoms with Crippen molar-refractivity contribution in [1.82, 2.24) is 5.32 Å². The van der Waals surface area contributed by atoms with Crippen molar-refractivity contribution in [3.63, 3.8) is 0 Å². The van der Waals surface area contributed by atoms with Crippen LogP contribution >= 0.6 is 0 Å². The third-order valence-corrected chi connectivity index (χ3v) is 2.28. The number of nitrogens with one attached hydrogen (secondary N) is 1. The number of halogens is 3.